The second-order valence-electron chi connectivity index (χ2n) is 2.88. The number of methoxy groups -OCH3 is 1. The Bertz CT molecular complexity index is 495. The second kappa shape index (κ2) is 5.79. The molecule has 0 radical (unpaired) electrons. The second-order valence-corrected chi connectivity index (χ2v) is 4.22. The van der Waals surface area contributed by atoms with Gasteiger partial charge in [0.15, 0.2) is 5.78 Å². The van der Waals surface area contributed by atoms with Crippen LogP contribution >= 0.6 is 0 Å². The summed E-state index contributed by atoms with van der Waals surface area (Å²) in [6, 6.07) is 3.70. The van der Waals surface area contributed by atoms with Crippen molar-refractivity contribution in [2.75, 3.05) is 7.11 Å². The van der Waals surface area contributed by atoms with Crippen LogP contribution in [0, 0.1) is 0 Å². The van der Waals surface area contributed by atoms with E-state index in [0.717, 1.165) is 6.07 Å². The number of carbonyl (C=O) groups excluding carboxylic acids is 1. The van der Waals surface area contributed by atoms with E-state index in [4.69, 9.17) is 4.74 Å². The summed E-state index contributed by atoms with van der Waals surface area (Å²) in [5.74, 6) is -0.377. The SMILES string of the molecule is COc1ccc(C(C)=O)cc1S(=O)(=O)[O-].[Na+]. The van der Waals surface area contributed by atoms with Gasteiger partial charge in [0.2, 0.25) is 0 Å². The average Bonchev–Trinajstić information content (AvgIpc) is 2.15. The minimum atomic E-state index is -4.63. The third kappa shape index (κ3) is 3.57. The van der Waals surface area contributed by atoms with E-state index in [1.807, 2.05) is 0 Å². The summed E-state index contributed by atoms with van der Waals surface area (Å²) < 4.78 is 37.2. The topological polar surface area (TPSA) is 83.5 Å². The summed E-state index contributed by atoms with van der Waals surface area (Å²) >= 11 is 0. The van der Waals surface area contributed by atoms with Crippen LogP contribution < -0.4 is 34.3 Å². The minimum Gasteiger partial charge on any atom is -0.744 e. The number of hydrogen-bond acceptors (Lipinski definition) is 5. The molecular formula is C9H9NaO5S. The van der Waals surface area contributed by atoms with E-state index in [-0.39, 0.29) is 46.7 Å². The Hall–Kier alpha value is -0.400. The van der Waals surface area contributed by atoms with Crippen LogP contribution in [0.4, 0.5) is 0 Å². The van der Waals surface area contributed by atoms with Gasteiger partial charge < -0.3 is 9.29 Å². The third-order valence-electron chi connectivity index (χ3n) is 1.84. The van der Waals surface area contributed by atoms with Gasteiger partial charge in [-0.05, 0) is 25.1 Å². The Balaban J connectivity index is 0.00000225. The van der Waals surface area contributed by atoms with Crippen LogP contribution in [-0.2, 0) is 10.1 Å². The molecule has 0 amide bonds. The van der Waals surface area contributed by atoms with Crippen LogP contribution in [0.25, 0.3) is 0 Å². The fourth-order valence-electron chi connectivity index (χ4n) is 1.09. The number of carbonyl (C=O) groups is 1. The smallest absolute Gasteiger partial charge is 0.744 e. The molecule has 82 valence electrons. The molecule has 0 saturated heterocycles. The van der Waals surface area contributed by atoms with E-state index in [9.17, 15) is 17.8 Å². The Kier molecular flexibility index (Phi) is 5.64. The molecule has 0 unspecified atom stereocenters. The van der Waals surface area contributed by atoms with Gasteiger partial charge in [-0.2, -0.15) is 0 Å². The molecule has 0 aliphatic rings. The van der Waals surface area contributed by atoms with Crippen LogP contribution in [0.1, 0.15) is 17.3 Å². The number of ketones is 1. The first-order chi connectivity index (χ1) is 6.86. The van der Waals surface area contributed by atoms with Gasteiger partial charge in [0.1, 0.15) is 15.9 Å². The normalized spacial score (nSPS) is 10.4. The molecule has 0 atom stereocenters. The summed E-state index contributed by atoms with van der Waals surface area (Å²) in [5, 5.41) is 0. The van der Waals surface area contributed by atoms with E-state index in [0.29, 0.717) is 0 Å². The fraction of sp³-hybridized carbons (Fsp3) is 0.222. The van der Waals surface area contributed by atoms with Crippen molar-refractivity contribution in [1.82, 2.24) is 0 Å². The Morgan fingerprint density at radius 1 is 1.38 bits per heavy atom. The van der Waals surface area contributed by atoms with Crippen LogP contribution in [-0.4, -0.2) is 25.9 Å². The largest absolute Gasteiger partial charge is 1.00 e. The summed E-state index contributed by atoms with van der Waals surface area (Å²) in [5.41, 5.74) is 0.158. The van der Waals surface area contributed by atoms with E-state index in [2.05, 4.69) is 0 Å². The molecular weight excluding hydrogens is 243 g/mol. The van der Waals surface area contributed by atoms with Crippen molar-refractivity contribution in [3.8, 4) is 5.75 Å². The molecule has 1 aromatic rings. The number of hydrogen-bond donors (Lipinski definition) is 0. The maximum atomic E-state index is 11.0. The number of ether oxygens (including phenoxy) is 1. The molecule has 0 aliphatic carbocycles. The van der Waals surface area contributed by atoms with Gasteiger partial charge in [-0.3, -0.25) is 4.79 Å². The summed E-state index contributed by atoms with van der Waals surface area (Å²) in [4.78, 5) is 10.5. The van der Waals surface area contributed by atoms with E-state index < -0.39 is 15.0 Å². The molecule has 0 aromatic heterocycles. The van der Waals surface area contributed by atoms with Crippen molar-refractivity contribution in [2.45, 2.75) is 11.8 Å². The molecule has 0 aliphatic heterocycles. The molecule has 0 heterocycles. The number of Topliss-reactive ketones (excluding diaryl/α,β-unsaturated/α-hetero) is 1. The molecule has 0 bridgehead atoms. The van der Waals surface area contributed by atoms with Gasteiger partial charge in [-0.1, -0.05) is 0 Å². The monoisotopic (exact) mass is 252 g/mol. The van der Waals surface area contributed by atoms with Crippen molar-refractivity contribution in [1.29, 1.82) is 0 Å². The van der Waals surface area contributed by atoms with E-state index >= 15 is 0 Å². The zero-order chi connectivity index (χ0) is 11.6. The Labute approximate surface area is 116 Å². The van der Waals surface area contributed by atoms with Crippen LogP contribution in [0.3, 0.4) is 0 Å². The quantitative estimate of drug-likeness (QED) is 0.346. The van der Waals surface area contributed by atoms with Crippen LogP contribution in [0.5, 0.6) is 5.75 Å². The molecule has 0 N–H and O–H groups in total. The maximum Gasteiger partial charge on any atom is 1.00 e. The molecule has 0 spiro atoms. The predicted molar refractivity (Wildman–Crippen MR) is 51.0 cm³/mol. The van der Waals surface area contributed by atoms with Gasteiger partial charge in [0, 0.05) is 5.56 Å². The van der Waals surface area contributed by atoms with Crippen LogP contribution in [0.2, 0.25) is 0 Å². The third-order valence-corrected chi connectivity index (χ3v) is 2.70. The molecule has 0 fully saturated rings. The van der Waals surface area contributed by atoms with Gasteiger partial charge in [0.25, 0.3) is 0 Å². The first-order valence-electron chi connectivity index (χ1n) is 4.01. The summed E-state index contributed by atoms with van der Waals surface area (Å²) in [6.45, 7) is 1.28. The summed E-state index contributed by atoms with van der Waals surface area (Å²) in [7, 11) is -3.38. The predicted octanol–water partition coefficient (Wildman–Crippen LogP) is -2.19. The average molecular weight is 252 g/mol. The maximum absolute atomic E-state index is 11.0. The van der Waals surface area contributed by atoms with Crippen molar-refractivity contribution < 1.29 is 52.1 Å². The molecule has 7 heteroatoms. The van der Waals surface area contributed by atoms with Crippen molar-refractivity contribution in [3.05, 3.63) is 23.8 Å². The van der Waals surface area contributed by atoms with E-state index in [1.54, 1.807) is 0 Å². The molecule has 1 rings (SSSR count). The van der Waals surface area contributed by atoms with Crippen molar-refractivity contribution in [2.24, 2.45) is 0 Å². The standard InChI is InChI=1S/C9H10O5S.Na/c1-6(10)7-3-4-8(14-2)9(5-7)15(11,12)13;/h3-5H,1-2H3,(H,11,12,13);/q;+1/p-1. The van der Waals surface area contributed by atoms with Crippen molar-refractivity contribution >= 4 is 15.9 Å². The number of rotatable bonds is 3. The number of benzene rings is 1. The molecule has 5 nitrogen and oxygen atoms in total. The zero-order valence-electron chi connectivity index (χ0n) is 9.18. The molecule has 0 saturated carbocycles. The van der Waals surface area contributed by atoms with E-state index in [1.165, 1.54) is 26.2 Å². The van der Waals surface area contributed by atoms with Crippen LogP contribution in [0.15, 0.2) is 23.1 Å². The minimum absolute atomic E-state index is 0. The fourth-order valence-corrected chi connectivity index (χ4v) is 1.76. The molecule has 16 heavy (non-hydrogen) atoms. The first-order valence-corrected chi connectivity index (χ1v) is 5.42. The zero-order valence-corrected chi connectivity index (χ0v) is 12.0. The Morgan fingerprint density at radius 2 is 1.94 bits per heavy atom. The van der Waals surface area contributed by atoms with Gasteiger partial charge in [0.05, 0.1) is 12.0 Å². The van der Waals surface area contributed by atoms with Gasteiger partial charge in [-0.15, -0.1) is 0 Å². The Morgan fingerprint density at radius 3 is 2.31 bits per heavy atom. The van der Waals surface area contributed by atoms with Crippen molar-refractivity contribution in [3.63, 3.8) is 0 Å². The molecule has 1 aromatic carbocycles. The van der Waals surface area contributed by atoms with Gasteiger partial charge in [-0.25, -0.2) is 8.42 Å². The summed E-state index contributed by atoms with van der Waals surface area (Å²) in [6.07, 6.45) is 0. The van der Waals surface area contributed by atoms with Gasteiger partial charge >= 0.3 is 29.6 Å². The first kappa shape index (κ1) is 15.6.